The van der Waals surface area contributed by atoms with E-state index in [0.29, 0.717) is 18.0 Å². The van der Waals surface area contributed by atoms with Gasteiger partial charge in [0.1, 0.15) is 17.2 Å². The Balaban J connectivity index is 1.63. The van der Waals surface area contributed by atoms with Crippen molar-refractivity contribution in [2.75, 3.05) is 5.32 Å². The van der Waals surface area contributed by atoms with Crippen molar-refractivity contribution in [1.29, 1.82) is 0 Å². The predicted molar refractivity (Wildman–Crippen MR) is 106 cm³/mol. The fourth-order valence-corrected chi connectivity index (χ4v) is 4.84. The first-order valence-electron chi connectivity index (χ1n) is 9.93. The van der Waals surface area contributed by atoms with Crippen LogP contribution < -0.4 is 5.32 Å². The van der Waals surface area contributed by atoms with E-state index >= 15 is 0 Å². The minimum Gasteiger partial charge on any atom is -0.320 e. The Morgan fingerprint density at radius 2 is 2.00 bits per heavy atom. The maximum atomic E-state index is 13.9. The smallest absolute Gasteiger partial charge is 0.261 e. The molecular weight excluding hydrogens is 358 g/mol. The molecule has 3 nitrogen and oxygen atoms in total. The third-order valence-corrected chi connectivity index (χ3v) is 6.14. The first-order valence-corrected chi connectivity index (χ1v) is 9.93. The van der Waals surface area contributed by atoms with Crippen LogP contribution in [0.5, 0.6) is 0 Å². The molecule has 2 aliphatic rings. The maximum Gasteiger partial charge on any atom is 0.261 e. The molecule has 2 atom stereocenters. The van der Waals surface area contributed by atoms with E-state index in [1.807, 2.05) is 13.0 Å². The molecular formula is C23H24F2N2O. The lowest BCUT2D eigenvalue weighted by Crippen LogP contribution is -2.17. The minimum absolute atomic E-state index is 0.498. The van der Waals surface area contributed by atoms with E-state index in [4.69, 9.17) is 0 Å². The van der Waals surface area contributed by atoms with Gasteiger partial charge in [0.05, 0.1) is 17.6 Å². The van der Waals surface area contributed by atoms with Crippen LogP contribution >= 0.6 is 0 Å². The molecule has 5 heteroatoms. The number of hydrogen-bond donors (Lipinski definition) is 1. The predicted octanol–water partition coefficient (Wildman–Crippen LogP) is 5.77. The molecule has 1 aromatic heterocycles. The van der Waals surface area contributed by atoms with Crippen LogP contribution in [-0.4, -0.2) is 10.9 Å². The highest BCUT2D eigenvalue weighted by molar-refractivity contribution is 6.05. The topological polar surface area (TPSA) is 42.0 Å². The van der Waals surface area contributed by atoms with E-state index in [-0.39, 0.29) is 0 Å². The Bertz CT molecular complexity index is 947. The SMILES string of the molecule is CCc1cc(C2=C(C)CC3CCCC23)ncc1NC(=O)c1c(F)cccc1F. The summed E-state index contributed by atoms with van der Waals surface area (Å²) >= 11 is 0. The molecule has 4 rings (SSSR count). The molecule has 0 radical (unpaired) electrons. The molecule has 0 aliphatic heterocycles. The van der Waals surface area contributed by atoms with E-state index < -0.39 is 23.1 Å². The fourth-order valence-electron chi connectivity index (χ4n) is 4.84. The molecule has 0 spiro atoms. The second-order valence-electron chi connectivity index (χ2n) is 7.83. The maximum absolute atomic E-state index is 13.9. The molecule has 146 valence electrons. The molecule has 2 aliphatic carbocycles. The zero-order valence-electron chi connectivity index (χ0n) is 16.2. The highest BCUT2D eigenvalue weighted by Gasteiger charge is 2.37. The number of halogens is 2. The largest absolute Gasteiger partial charge is 0.320 e. The minimum atomic E-state index is -0.876. The number of aryl methyl sites for hydroxylation is 1. The van der Waals surface area contributed by atoms with Crippen LogP contribution in [-0.2, 0) is 6.42 Å². The number of anilines is 1. The van der Waals surface area contributed by atoms with E-state index in [2.05, 4.69) is 17.2 Å². The summed E-state index contributed by atoms with van der Waals surface area (Å²) in [5.41, 5.74) is 4.58. The summed E-state index contributed by atoms with van der Waals surface area (Å²) in [5.74, 6) is -1.22. The number of nitrogens with zero attached hydrogens (tertiary/aromatic N) is 1. The summed E-state index contributed by atoms with van der Waals surface area (Å²) in [5, 5.41) is 2.64. The van der Waals surface area contributed by atoms with Crippen LogP contribution in [0.4, 0.5) is 14.5 Å². The Kier molecular flexibility index (Phi) is 5.00. The molecule has 1 N–H and O–H groups in total. The van der Waals surface area contributed by atoms with Gasteiger partial charge in [-0.05, 0) is 73.8 Å². The molecule has 1 saturated carbocycles. The average molecular weight is 382 g/mol. The number of carbonyl (C=O) groups excluding carboxylic acids is 1. The molecule has 2 aromatic rings. The summed E-state index contributed by atoms with van der Waals surface area (Å²) < 4.78 is 27.8. The molecule has 0 bridgehead atoms. The van der Waals surface area contributed by atoms with Gasteiger partial charge in [0, 0.05) is 0 Å². The van der Waals surface area contributed by atoms with Crippen molar-refractivity contribution in [2.24, 2.45) is 11.8 Å². The van der Waals surface area contributed by atoms with Gasteiger partial charge in [0.2, 0.25) is 0 Å². The van der Waals surface area contributed by atoms with Crippen LogP contribution in [0.2, 0.25) is 0 Å². The standard InChI is InChI=1S/C23H24F2N2O/c1-3-14-11-19(21-13(2)10-15-6-4-7-16(15)21)26-12-20(14)27-23(28)22-17(24)8-5-9-18(22)25/h5,8-9,11-12,15-16H,3-4,6-7,10H2,1-2H3,(H,27,28). The van der Waals surface area contributed by atoms with Crippen molar-refractivity contribution in [3.05, 3.63) is 64.5 Å². The number of hydrogen-bond acceptors (Lipinski definition) is 2. The zero-order valence-corrected chi connectivity index (χ0v) is 16.2. The molecule has 28 heavy (non-hydrogen) atoms. The van der Waals surface area contributed by atoms with E-state index in [1.54, 1.807) is 6.20 Å². The first kappa shape index (κ1) is 18.8. The van der Waals surface area contributed by atoms with Crippen LogP contribution in [0.1, 0.15) is 61.1 Å². The lowest BCUT2D eigenvalue weighted by Gasteiger charge is -2.17. The number of allylic oxidation sites excluding steroid dienone is 2. The fraction of sp³-hybridized carbons (Fsp3) is 0.391. The Morgan fingerprint density at radius 1 is 1.25 bits per heavy atom. The summed E-state index contributed by atoms with van der Waals surface area (Å²) in [6, 6.07) is 5.41. The third-order valence-electron chi connectivity index (χ3n) is 6.14. The average Bonchev–Trinajstić information content (AvgIpc) is 3.22. The first-order chi connectivity index (χ1) is 13.5. The van der Waals surface area contributed by atoms with Gasteiger partial charge in [-0.25, -0.2) is 8.78 Å². The van der Waals surface area contributed by atoms with Crippen molar-refractivity contribution < 1.29 is 13.6 Å². The highest BCUT2D eigenvalue weighted by atomic mass is 19.1. The van der Waals surface area contributed by atoms with Crippen LogP contribution in [0.15, 0.2) is 36.0 Å². The third kappa shape index (κ3) is 3.23. The van der Waals surface area contributed by atoms with Gasteiger partial charge in [0.15, 0.2) is 0 Å². The Morgan fingerprint density at radius 3 is 2.71 bits per heavy atom. The normalized spacial score (nSPS) is 21.1. The molecule has 1 heterocycles. The lowest BCUT2D eigenvalue weighted by molar-refractivity contribution is 0.101. The van der Waals surface area contributed by atoms with Gasteiger partial charge in [-0.2, -0.15) is 0 Å². The van der Waals surface area contributed by atoms with Crippen molar-refractivity contribution in [3.8, 4) is 0 Å². The van der Waals surface area contributed by atoms with E-state index in [1.165, 1.54) is 36.5 Å². The molecule has 1 amide bonds. The van der Waals surface area contributed by atoms with Crippen LogP contribution in [0, 0.1) is 23.5 Å². The molecule has 1 fully saturated rings. The van der Waals surface area contributed by atoms with Gasteiger partial charge in [0.25, 0.3) is 5.91 Å². The van der Waals surface area contributed by atoms with Crippen LogP contribution in [0.3, 0.4) is 0 Å². The zero-order chi connectivity index (χ0) is 19.8. The summed E-state index contributed by atoms with van der Waals surface area (Å²) in [4.78, 5) is 17.1. The Hall–Kier alpha value is -2.56. The number of nitrogens with one attached hydrogen (secondary N) is 1. The highest BCUT2D eigenvalue weighted by Crippen LogP contribution is 2.50. The van der Waals surface area contributed by atoms with Gasteiger partial charge in [-0.3, -0.25) is 9.78 Å². The van der Waals surface area contributed by atoms with Gasteiger partial charge < -0.3 is 5.32 Å². The number of benzene rings is 1. The number of pyridine rings is 1. The van der Waals surface area contributed by atoms with E-state index in [0.717, 1.165) is 35.7 Å². The number of fused-ring (bicyclic) bond motifs is 1. The monoisotopic (exact) mass is 382 g/mol. The summed E-state index contributed by atoms with van der Waals surface area (Å²) in [6.07, 6.45) is 7.22. The van der Waals surface area contributed by atoms with Crippen molar-refractivity contribution in [2.45, 2.75) is 46.0 Å². The van der Waals surface area contributed by atoms with E-state index in [9.17, 15) is 13.6 Å². The second kappa shape index (κ2) is 7.46. The van der Waals surface area contributed by atoms with Crippen molar-refractivity contribution in [3.63, 3.8) is 0 Å². The second-order valence-corrected chi connectivity index (χ2v) is 7.83. The molecule has 0 saturated heterocycles. The number of rotatable bonds is 4. The number of carbonyl (C=O) groups is 1. The van der Waals surface area contributed by atoms with Gasteiger partial charge >= 0.3 is 0 Å². The van der Waals surface area contributed by atoms with Gasteiger partial charge in [-0.15, -0.1) is 0 Å². The van der Waals surface area contributed by atoms with Crippen LogP contribution in [0.25, 0.3) is 5.57 Å². The summed E-state index contributed by atoms with van der Waals surface area (Å²) in [6.45, 7) is 4.18. The van der Waals surface area contributed by atoms with Crippen molar-refractivity contribution in [1.82, 2.24) is 4.98 Å². The van der Waals surface area contributed by atoms with Gasteiger partial charge in [-0.1, -0.05) is 25.0 Å². The quantitative estimate of drug-likeness (QED) is 0.730. The number of amides is 1. The molecule has 2 unspecified atom stereocenters. The number of aromatic nitrogens is 1. The Labute approximate surface area is 163 Å². The molecule has 1 aromatic carbocycles. The summed E-state index contributed by atoms with van der Waals surface area (Å²) in [7, 11) is 0. The lowest BCUT2D eigenvalue weighted by atomic mass is 9.92. The van der Waals surface area contributed by atoms with Crippen molar-refractivity contribution >= 4 is 17.2 Å².